The predicted octanol–water partition coefficient (Wildman–Crippen LogP) is 0.806. The van der Waals surface area contributed by atoms with Gasteiger partial charge in [-0.25, -0.2) is 4.79 Å². The summed E-state index contributed by atoms with van der Waals surface area (Å²) in [5.74, 6) is 0. The third-order valence-electron chi connectivity index (χ3n) is 1.96. The van der Waals surface area contributed by atoms with Crippen LogP contribution in [0.4, 0.5) is 4.79 Å². The molecule has 0 unspecified atom stereocenters. The SMILES string of the molecule is CCOC(=O)N1CCC[C@H]1C=O. The van der Waals surface area contributed by atoms with Crippen LogP contribution in [0.3, 0.4) is 0 Å². The zero-order chi connectivity index (χ0) is 8.97. The van der Waals surface area contributed by atoms with Crippen molar-refractivity contribution in [3.8, 4) is 0 Å². The van der Waals surface area contributed by atoms with Crippen molar-refractivity contribution in [2.75, 3.05) is 13.2 Å². The second-order valence-corrected chi connectivity index (χ2v) is 2.74. The van der Waals surface area contributed by atoms with Crippen molar-refractivity contribution in [3.05, 3.63) is 0 Å². The lowest BCUT2D eigenvalue weighted by Crippen LogP contribution is -2.36. The predicted molar refractivity (Wildman–Crippen MR) is 42.8 cm³/mol. The first-order valence-electron chi connectivity index (χ1n) is 4.18. The molecule has 1 aliphatic rings. The van der Waals surface area contributed by atoms with Gasteiger partial charge in [-0.3, -0.25) is 4.90 Å². The van der Waals surface area contributed by atoms with E-state index in [2.05, 4.69) is 0 Å². The van der Waals surface area contributed by atoms with Gasteiger partial charge < -0.3 is 9.53 Å². The Labute approximate surface area is 71.5 Å². The van der Waals surface area contributed by atoms with E-state index in [0.717, 1.165) is 19.1 Å². The lowest BCUT2D eigenvalue weighted by molar-refractivity contribution is -0.111. The zero-order valence-corrected chi connectivity index (χ0v) is 7.16. The van der Waals surface area contributed by atoms with Gasteiger partial charge >= 0.3 is 6.09 Å². The molecule has 0 aromatic heterocycles. The highest BCUT2D eigenvalue weighted by molar-refractivity contribution is 5.74. The Morgan fingerprint density at radius 2 is 2.50 bits per heavy atom. The number of rotatable bonds is 2. The fourth-order valence-corrected chi connectivity index (χ4v) is 1.37. The Morgan fingerprint density at radius 1 is 1.75 bits per heavy atom. The van der Waals surface area contributed by atoms with Gasteiger partial charge in [0.15, 0.2) is 0 Å². The van der Waals surface area contributed by atoms with Crippen molar-refractivity contribution in [1.82, 2.24) is 4.90 Å². The van der Waals surface area contributed by atoms with E-state index in [-0.39, 0.29) is 12.1 Å². The second kappa shape index (κ2) is 4.09. The smallest absolute Gasteiger partial charge is 0.410 e. The fraction of sp³-hybridized carbons (Fsp3) is 0.750. The first-order valence-corrected chi connectivity index (χ1v) is 4.18. The summed E-state index contributed by atoms with van der Waals surface area (Å²) >= 11 is 0. The summed E-state index contributed by atoms with van der Waals surface area (Å²) in [5.41, 5.74) is 0. The van der Waals surface area contributed by atoms with E-state index in [1.807, 2.05) is 0 Å². The monoisotopic (exact) mass is 171 g/mol. The molecule has 0 saturated carbocycles. The average molecular weight is 171 g/mol. The van der Waals surface area contributed by atoms with Gasteiger partial charge in [-0.2, -0.15) is 0 Å². The molecule has 0 aromatic carbocycles. The van der Waals surface area contributed by atoms with E-state index in [4.69, 9.17) is 4.74 Å². The standard InChI is InChI=1S/C8H13NO3/c1-2-12-8(11)9-5-3-4-7(9)6-10/h6-7H,2-5H2,1H3/t7-/m0/s1. The lowest BCUT2D eigenvalue weighted by Gasteiger charge is -2.18. The third kappa shape index (κ3) is 1.75. The van der Waals surface area contributed by atoms with Gasteiger partial charge in [-0.15, -0.1) is 0 Å². The van der Waals surface area contributed by atoms with Crippen molar-refractivity contribution < 1.29 is 14.3 Å². The van der Waals surface area contributed by atoms with Gasteiger partial charge in [-0.05, 0) is 19.8 Å². The summed E-state index contributed by atoms with van der Waals surface area (Å²) in [7, 11) is 0. The zero-order valence-electron chi connectivity index (χ0n) is 7.16. The van der Waals surface area contributed by atoms with Crippen LogP contribution in [0, 0.1) is 0 Å². The van der Waals surface area contributed by atoms with Gasteiger partial charge in [-0.1, -0.05) is 0 Å². The van der Waals surface area contributed by atoms with Crippen LogP contribution in [-0.2, 0) is 9.53 Å². The first-order chi connectivity index (χ1) is 5.79. The maximum absolute atomic E-state index is 11.2. The molecule has 1 atom stereocenters. The highest BCUT2D eigenvalue weighted by Gasteiger charge is 2.28. The highest BCUT2D eigenvalue weighted by atomic mass is 16.6. The van der Waals surface area contributed by atoms with Gasteiger partial charge in [0.2, 0.25) is 0 Å². The van der Waals surface area contributed by atoms with Crippen LogP contribution in [-0.4, -0.2) is 36.5 Å². The van der Waals surface area contributed by atoms with Crippen LogP contribution in [0.25, 0.3) is 0 Å². The summed E-state index contributed by atoms with van der Waals surface area (Å²) in [4.78, 5) is 23.1. The van der Waals surface area contributed by atoms with Crippen molar-refractivity contribution in [1.29, 1.82) is 0 Å². The molecule has 4 heteroatoms. The van der Waals surface area contributed by atoms with Gasteiger partial charge in [0.25, 0.3) is 0 Å². The summed E-state index contributed by atoms with van der Waals surface area (Å²) in [5, 5.41) is 0. The second-order valence-electron chi connectivity index (χ2n) is 2.74. The molecule has 0 N–H and O–H groups in total. The summed E-state index contributed by atoms with van der Waals surface area (Å²) in [6.45, 7) is 2.76. The quantitative estimate of drug-likeness (QED) is 0.577. The molecule has 0 spiro atoms. The number of likely N-dealkylation sites (tertiary alicyclic amines) is 1. The third-order valence-corrected chi connectivity index (χ3v) is 1.96. The topological polar surface area (TPSA) is 46.6 Å². The fourth-order valence-electron chi connectivity index (χ4n) is 1.37. The van der Waals surface area contributed by atoms with Crippen molar-refractivity contribution in [2.45, 2.75) is 25.8 Å². The molecule has 1 heterocycles. The van der Waals surface area contributed by atoms with Gasteiger partial charge in [0.05, 0.1) is 12.6 Å². The van der Waals surface area contributed by atoms with Crippen LogP contribution in [0.2, 0.25) is 0 Å². The number of nitrogens with zero attached hydrogens (tertiary/aromatic N) is 1. The minimum atomic E-state index is -0.368. The molecule has 12 heavy (non-hydrogen) atoms. The molecule has 0 radical (unpaired) electrons. The van der Waals surface area contributed by atoms with Gasteiger partial charge in [0, 0.05) is 6.54 Å². The van der Waals surface area contributed by atoms with Crippen LogP contribution >= 0.6 is 0 Å². The molecule has 0 aromatic rings. The molecule has 1 aliphatic heterocycles. The van der Waals surface area contributed by atoms with Crippen LogP contribution in [0.15, 0.2) is 0 Å². The van der Waals surface area contributed by atoms with Crippen molar-refractivity contribution >= 4 is 12.4 Å². The van der Waals surface area contributed by atoms with Crippen LogP contribution < -0.4 is 0 Å². The van der Waals surface area contributed by atoms with Crippen LogP contribution in [0.5, 0.6) is 0 Å². The van der Waals surface area contributed by atoms with Crippen LogP contribution in [0.1, 0.15) is 19.8 Å². The molecule has 0 bridgehead atoms. The lowest BCUT2D eigenvalue weighted by atomic mass is 10.2. The van der Waals surface area contributed by atoms with E-state index >= 15 is 0 Å². The summed E-state index contributed by atoms with van der Waals surface area (Å²) in [6.07, 6.45) is 2.10. The first kappa shape index (κ1) is 9.03. The molecule has 0 aliphatic carbocycles. The maximum Gasteiger partial charge on any atom is 0.410 e. The number of carbonyl (C=O) groups is 2. The Balaban J connectivity index is 2.49. The van der Waals surface area contributed by atoms with E-state index < -0.39 is 0 Å². The van der Waals surface area contributed by atoms with Crippen molar-refractivity contribution in [3.63, 3.8) is 0 Å². The number of hydrogen-bond acceptors (Lipinski definition) is 3. The summed E-state index contributed by atoms with van der Waals surface area (Å²) in [6, 6.07) is -0.260. The Hall–Kier alpha value is -1.06. The largest absolute Gasteiger partial charge is 0.450 e. The number of amides is 1. The van der Waals surface area contributed by atoms with E-state index in [1.165, 1.54) is 4.90 Å². The number of ether oxygens (including phenoxy) is 1. The molecule has 4 nitrogen and oxygen atoms in total. The molecule has 1 saturated heterocycles. The van der Waals surface area contributed by atoms with Crippen molar-refractivity contribution in [2.24, 2.45) is 0 Å². The van der Waals surface area contributed by atoms with Gasteiger partial charge in [0.1, 0.15) is 6.29 Å². The molecule has 1 rings (SSSR count). The molecule has 1 amide bonds. The molecular formula is C8H13NO3. The minimum Gasteiger partial charge on any atom is -0.450 e. The van der Waals surface area contributed by atoms with E-state index in [1.54, 1.807) is 6.92 Å². The molecular weight excluding hydrogens is 158 g/mol. The summed E-state index contributed by atoms with van der Waals surface area (Å²) < 4.78 is 4.79. The minimum absolute atomic E-state index is 0.260. The highest BCUT2D eigenvalue weighted by Crippen LogP contribution is 2.15. The number of carbonyl (C=O) groups excluding carboxylic acids is 2. The molecule has 1 fully saturated rings. The maximum atomic E-state index is 11.2. The Kier molecular flexibility index (Phi) is 3.08. The molecule has 68 valence electrons. The Bertz CT molecular complexity index is 181. The Morgan fingerprint density at radius 3 is 3.08 bits per heavy atom. The number of hydrogen-bond donors (Lipinski definition) is 0. The van der Waals surface area contributed by atoms with E-state index in [0.29, 0.717) is 13.2 Å². The number of aldehydes is 1. The average Bonchev–Trinajstić information content (AvgIpc) is 2.51. The van der Waals surface area contributed by atoms with E-state index in [9.17, 15) is 9.59 Å². The normalized spacial score (nSPS) is 22.4.